The van der Waals surface area contributed by atoms with Gasteiger partial charge in [-0.2, -0.15) is 0 Å². The number of hydrogen-bond acceptors (Lipinski definition) is 2. The van der Waals surface area contributed by atoms with Crippen molar-refractivity contribution < 1.29 is 23.4 Å². The van der Waals surface area contributed by atoms with Gasteiger partial charge in [-0.05, 0) is 34.1 Å². The van der Waals surface area contributed by atoms with Crippen LogP contribution in [0, 0.1) is 0 Å². The molecular formula is C10H9BrF2O3. The number of carbonyl (C=O) groups is 1. The predicted octanol–water partition coefficient (Wildman–Crippen LogP) is 3.02. The van der Waals surface area contributed by atoms with Crippen molar-refractivity contribution in [1.82, 2.24) is 0 Å². The second-order valence-corrected chi connectivity index (χ2v) is 3.98. The molecule has 6 heteroatoms. The molecule has 0 saturated heterocycles. The van der Waals surface area contributed by atoms with Crippen LogP contribution in [0.25, 0.3) is 0 Å². The van der Waals surface area contributed by atoms with E-state index in [0.29, 0.717) is 10.2 Å². The number of carboxylic acid groups (broad SMARTS) is 1. The zero-order valence-electron chi connectivity index (χ0n) is 8.34. The van der Waals surface area contributed by atoms with Crippen molar-refractivity contribution in [2.45, 2.75) is 12.3 Å². The first-order valence-corrected chi connectivity index (χ1v) is 5.10. The Kier molecular flexibility index (Phi) is 3.85. The molecule has 0 amide bonds. The monoisotopic (exact) mass is 294 g/mol. The van der Waals surface area contributed by atoms with E-state index >= 15 is 0 Å². The Morgan fingerprint density at radius 3 is 2.62 bits per heavy atom. The SMILES string of the molecule is COc1ccc(C(F)(F)CC(=O)O)cc1Br. The van der Waals surface area contributed by atoms with Crippen LogP contribution in [-0.4, -0.2) is 18.2 Å². The van der Waals surface area contributed by atoms with E-state index in [2.05, 4.69) is 15.9 Å². The first-order valence-electron chi connectivity index (χ1n) is 4.30. The molecule has 16 heavy (non-hydrogen) atoms. The highest BCUT2D eigenvalue weighted by molar-refractivity contribution is 9.10. The Labute approximate surface area is 99.2 Å². The minimum Gasteiger partial charge on any atom is -0.496 e. The summed E-state index contributed by atoms with van der Waals surface area (Å²) in [6.07, 6.45) is -1.23. The van der Waals surface area contributed by atoms with Crippen LogP contribution < -0.4 is 4.74 Å². The number of rotatable bonds is 4. The number of benzene rings is 1. The van der Waals surface area contributed by atoms with Crippen LogP contribution in [0.5, 0.6) is 5.75 Å². The van der Waals surface area contributed by atoms with Gasteiger partial charge in [-0.15, -0.1) is 0 Å². The fourth-order valence-electron chi connectivity index (χ4n) is 1.19. The van der Waals surface area contributed by atoms with Crippen molar-refractivity contribution >= 4 is 21.9 Å². The fourth-order valence-corrected chi connectivity index (χ4v) is 1.73. The molecule has 0 aromatic heterocycles. The van der Waals surface area contributed by atoms with Gasteiger partial charge in [0.25, 0.3) is 5.92 Å². The zero-order valence-corrected chi connectivity index (χ0v) is 9.92. The molecule has 1 aromatic carbocycles. The lowest BCUT2D eigenvalue weighted by atomic mass is 10.1. The van der Waals surface area contributed by atoms with Gasteiger partial charge in [-0.25, -0.2) is 8.78 Å². The van der Waals surface area contributed by atoms with Crippen molar-refractivity contribution in [1.29, 1.82) is 0 Å². The third-order valence-corrected chi connectivity index (χ3v) is 2.57. The number of ether oxygens (including phenoxy) is 1. The summed E-state index contributed by atoms with van der Waals surface area (Å²) >= 11 is 3.06. The maximum atomic E-state index is 13.4. The molecule has 0 atom stereocenters. The summed E-state index contributed by atoms with van der Waals surface area (Å²) in [6, 6.07) is 3.66. The topological polar surface area (TPSA) is 46.5 Å². The van der Waals surface area contributed by atoms with E-state index in [-0.39, 0.29) is 5.56 Å². The molecule has 0 fully saturated rings. The van der Waals surface area contributed by atoms with Gasteiger partial charge in [0.15, 0.2) is 0 Å². The third-order valence-electron chi connectivity index (χ3n) is 1.95. The van der Waals surface area contributed by atoms with Crippen LogP contribution in [0.4, 0.5) is 8.78 Å². The number of halogens is 3. The molecule has 0 bridgehead atoms. The van der Waals surface area contributed by atoms with Crippen LogP contribution in [-0.2, 0) is 10.7 Å². The van der Waals surface area contributed by atoms with Crippen LogP contribution in [0.3, 0.4) is 0 Å². The first kappa shape index (κ1) is 12.9. The molecule has 0 heterocycles. The number of hydrogen-bond donors (Lipinski definition) is 1. The van der Waals surface area contributed by atoms with Crippen LogP contribution in [0.1, 0.15) is 12.0 Å². The van der Waals surface area contributed by atoms with E-state index < -0.39 is 18.3 Å². The molecule has 1 aromatic rings. The van der Waals surface area contributed by atoms with Crippen LogP contribution in [0.2, 0.25) is 0 Å². The fraction of sp³-hybridized carbons (Fsp3) is 0.300. The molecule has 88 valence electrons. The van der Waals surface area contributed by atoms with E-state index in [1.54, 1.807) is 0 Å². The molecule has 0 aliphatic heterocycles. The van der Waals surface area contributed by atoms with Gasteiger partial charge >= 0.3 is 5.97 Å². The van der Waals surface area contributed by atoms with Crippen molar-refractivity contribution in [2.24, 2.45) is 0 Å². The van der Waals surface area contributed by atoms with E-state index in [4.69, 9.17) is 9.84 Å². The molecule has 0 aliphatic carbocycles. The summed E-state index contributed by atoms with van der Waals surface area (Å²) in [5.74, 6) is -4.52. The lowest BCUT2D eigenvalue weighted by molar-refractivity contribution is -0.145. The van der Waals surface area contributed by atoms with E-state index in [1.807, 2.05) is 0 Å². The van der Waals surface area contributed by atoms with Gasteiger partial charge < -0.3 is 9.84 Å². The maximum absolute atomic E-state index is 13.4. The average molecular weight is 295 g/mol. The lowest BCUT2D eigenvalue weighted by Crippen LogP contribution is -2.18. The van der Waals surface area contributed by atoms with Crippen LogP contribution in [0.15, 0.2) is 22.7 Å². The summed E-state index contributed by atoms with van der Waals surface area (Å²) in [6.45, 7) is 0. The summed E-state index contributed by atoms with van der Waals surface area (Å²) in [7, 11) is 1.41. The minimum absolute atomic E-state index is 0.359. The molecule has 0 radical (unpaired) electrons. The predicted molar refractivity (Wildman–Crippen MR) is 56.8 cm³/mol. The Balaban J connectivity index is 3.04. The average Bonchev–Trinajstić information content (AvgIpc) is 2.15. The minimum atomic E-state index is -3.39. The summed E-state index contributed by atoms with van der Waals surface area (Å²) in [4.78, 5) is 10.3. The van der Waals surface area contributed by atoms with Crippen molar-refractivity contribution in [3.05, 3.63) is 28.2 Å². The Morgan fingerprint density at radius 1 is 1.56 bits per heavy atom. The molecule has 3 nitrogen and oxygen atoms in total. The molecule has 0 unspecified atom stereocenters. The van der Waals surface area contributed by atoms with Crippen molar-refractivity contribution in [3.8, 4) is 5.75 Å². The van der Waals surface area contributed by atoms with E-state index in [0.717, 1.165) is 12.1 Å². The molecular weight excluding hydrogens is 286 g/mol. The summed E-state index contributed by atoms with van der Waals surface area (Å²) < 4.78 is 32.0. The summed E-state index contributed by atoms with van der Waals surface area (Å²) in [5.41, 5.74) is -0.359. The Morgan fingerprint density at radius 2 is 2.19 bits per heavy atom. The van der Waals surface area contributed by atoms with Crippen molar-refractivity contribution in [2.75, 3.05) is 7.11 Å². The number of methoxy groups -OCH3 is 1. The van der Waals surface area contributed by atoms with Gasteiger partial charge in [0, 0.05) is 5.56 Å². The maximum Gasteiger partial charge on any atom is 0.309 e. The zero-order chi connectivity index (χ0) is 12.3. The lowest BCUT2D eigenvalue weighted by Gasteiger charge is -2.15. The Bertz CT molecular complexity index is 407. The summed E-state index contributed by atoms with van der Waals surface area (Å²) in [5, 5.41) is 8.36. The highest BCUT2D eigenvalue weighted by atomic mass is 79.9. The Hall–Kier alpha value is -1.17. The second-order valence-electron chi connectivity index (χ2n) is 3.12. The van der Waals surface area contributed by atoms with Gasteiger partial charge in [0.05, 0.1) is 11.6 Å². The molecule has 0 aliphatic rings. The first-order chi connectivity index (χ1) is 7.36. The standard InChI is InChI=1S/C10H9BrF2O3/c1-16-8-3-2-6(4-7(8)11)10(12,13)5-9(14)15/h2-4H,5H2,1H3,(H,14,15). The second kappa shape index (κ2) is 4.78. The number of alkyl halides is 2. The molecule has 1 N–H and O–H groups in total. The number of carboxylic acids is 1. The van der Waals surface area contributed by atoms with Gasteiger partial charge in [0.1, 0.15) is 12.2 Å². The van der Waals surface area contributed by atoms with Gasteiger partial charge in [-0.3, -0.25) is 4.79 Å². The molecule has 0 spiro atoms. The highest BCUT2D eigenvalue weighted by Crippen LogP contribution is 2.36. The van der Waals surface area contributed by atoms with E-state index in [9.17, 15) is 13.6 Å². The smallest absolute Gasteiger partial charge is 0.309 e. The third kappa shape index (κ3) is 2.91. The molecule has 1 rings (SSSR count). The number of aliphatic carboxylic acids is 1. The normalized spacial score (nSPS) is 11.2. The highest BCUT2D eigenvalue weighted by Gasteiger charge is 2.34. The van der Waals surface area contributed by atoms with Crippen LogP contribution >= 0.6 is 15.9 Å². The van der Waals surface area contributed by atoms with E-state index in [1.165, 1.54) is 13.2 Å². The van der Waals surface area contributed by atoms with Gasteiger partial charge in [0.2, 0.25) is 0 Å². The van der Waals surface area contributed by atoms with Crippen molar-refractivity contribution in [3.63, 3.8) is 0 Å². The quantitative estimate of drug-likeness (QED) is 0.928. The largest absolute Gasteiger partial charge is 0.496 e. The van der Waals surface area contributed by atoms with Gasteiger partial charge in [-0.1, -0.05) is 0 Å². The molecule has 0 saturated carbocycles.